The third-order valence-electron chi connectivity index (χ3n) is 4.02. The van der Waals surface area contributed by atoms with Crippen molar-refractivity contribution in [2.75, 3.05) is 36.6 Å². The Morgan fingerprint density at radius 1 is 1.35 bits per heavy atom. The molecule has 6 heteroatoms. The summed E-state index contributed by atoms with van der Waals surface area (Å²) in [6, 6.07) is 5.63. The fraction of sp³-hybridized carbons (Fsp3) is 0.412. The zero-order chi connectivity index (χ0) is 16.2. The Balaban J connectivity index is 1.77. The summed E-state index contributed by atoms with van der Waals surface area (Å²) in [5, 5.41) is 2.83. The number of nitrogens with zero attached hydrogens (tertiary/aromatic N) is 1. The molecule has 1 saturated heterocycles. The quantitative estimate of drug-likeness (QED) is 0.858. The van der Waals surface area contributed by atoms with Crippen molar-refractivity contribution >= 4 is 23.2 Å². The topological polar surface area (TPSA) is 67.9 Å². The van der Waals surface area contributed by atoms with E-state index in [0.29, 0.717) is 25.4 Å². The van der Waals surface area contributed by atoms with Crippen molar-refractivity contribution < 1.29 is 19.1 Å². The van der Waals surface area contributed by atoms with Gasteiger partial charge in [0.1, 0.15) is 0 Å². The molecule has 0 radical (unpaired) electrons. The highest BCUT2D eigenvalue weighted by Gasteiger charge is 2.24. The second-order valence-electron chi connectivity index (χ2n) is 5.56. The molecule has 23 heavy (non-hydrogen) atoms. The molecule has 0 aromatic heterocycles. The van der Waals surface area contributed by atoms with Gasteiger partial charge in [0.2, 0.25) is 5.91 Å². The largest absolute Gasteiger partial charge is 0.376 e. The summed E-state index contributed by atoms with van der Waals surface area (Å²) in [5.74, 6) is -0.361. The van der Waals surface area contributed by atoms with E-state index in [1.807, 2.05) is 18.2 Å². The maximum absolute atomic E-state index is 12.2. The summed E-state index contributed by atoms with van der Waals surface area (Å²) in [6.45, 7) is 5.41. The smallest absolute Gasteiger partial charge is 0.255 e. The van der Waals surface area contributed by atoms with Crippen molar-refractivity contribution in [1.82, 2.24) is 0 Å². The number of hydrogen-bond acceptors (Lipinski definition) is 4. The van der Waals surface area contributed by atoms with Gasteiger partial charge < -0.3 is 19.7 Å². The van der Waals surface area contributed by atoms with E-state index < -0.39 is 6.10 Å². The summed E-state index contributed by atoms with van der Waals surface area (Å²) >= 11 is 0. The zero-order valence-corrected chi connectivity index (χ0v) is 12.9. The van der Waals surface area contributed by atoms with Gasteiger partial charge in [0, 0.05) is 17.9 Å². The van der Waals surface area contributed by atoms with Crippen LogP contribution in [0.1, 0.15) is 12.0 Å². The second kappa shape index (κ2) is 6.93. The van der Waals surface area contributed by atoms with Gasteiger partial charge >= 0.3 is 0 Å². The minimum atomic E-state index is -0.592. The summed E-state index contributed by atoms with van der Waals surface area (Å²) in [7, 11) is 0. The fourth-order valence-electron chi connectivity index (χ4n) is 2.85. The number of anilines is 2. The number of aryl methyl sites for hydroxylation is 1. The lowest BCUT2D eigenvalue weighted by molar-refractivity contribution is -0.142. The van der Waals surface area contributed by atoms with E-state index in [2.05, 4.69) is 11.9 Å². The maximum atomic E-state index is 12.2. The highest BCUT2D eigenvalue weighted by atomic mass is 16.6. The molecule has 0 unspecified atom stereocenters. The van der Waals surface area contributed by atoms with Crippen LogP contribution in [-0.4, -0.2) is 44.3 Å². The predicted octanol–water partition coefficient (Wildman–Crippen LogP) is 1.51. The first-order valence-corrected chi connectivity index (χ1v) is 7.76. The molecule has 0 spiro atoms. The van der Waals surface area contributed by atoms with Crippen molar-refractivity contribution in [2.24, 2.45) is 0 Å². The Kier molecular flexibility index (Phi) is 4.73. The van der Waals surface area contributed by atoms with Crippen LogP contribution in [0.25, 0.3) is 0 Å². The summed E-state index contributed by atoms with van der Waals surface area (Å²) < 4.78 is 10.6. The van der Waals surface area contributed by atoms with Crippen LogP contribution >= 0.6 is 0 Å². The lowest BCUT2D eigenvalue weighted by Crippen LogP contribution is -2.39. The van der Waals surface area contributed by atoms with Gasteiger partial charge in [-0.05, 0) is 36.6 Å². The number of benzene rings is 1. The van der Waals surface area contributed by atoms with Gasteiger partial charge in [0.25, 0.3) is 5.91 Å². The lowest BCUT2D eigenvalue weighted by Gasteiger charge is -2.29. The van der Waals surface area contributed by atoms with Crippen LogP contribution in [-0.2, 0) is 25.5 Å². The Bertz CT molecular complexity index is 623. The number of hydrogen-bond donors (Lipinski definition) is 1. The molecule has 0 bridgehead atoms. The van der Waals surface area contributed by atoms with Crippen molar-refractivity contribution in [1.29, 1.82) is 0 Å². The standard InChI is InChI=1S/C17H20N2O4/c1-2-16(20)19-7-3-4-12-5-6-13(10-14(12)19)18-17(21)15-11-22-8-9-23-15/h2,5-6,10,15H,1,3-4,7-9,11H2,(H,18,21)/t15-/m1/s1. The van der Waals surface area contributed by atoms with Crippen molar-refractivity contribution in [3.63, 3.8) is 0 Å². The molecule has 1 aromatic rings. The summed E-state index contributed by atoms with van der Waals surface area (Å²) in [6.07, 6.45) is 2.56. The number of nitrogens with one attached hydrogen (secondary N) is 1. The SMILES string of the molecule is C=CC(=O)N1CCCc2ccc(NC(=O)[C@H]3COCCO3)cc21. The number of rotatable bonds is 3. The van der Waals surface area contributed by atoms with Gasteiger partial charge in [0.05, 0.1) is 19.8 Å². The number of amides is 2. The van der Waals surface area contributed by atoms with E-state index in [1.54, 1.807) is 4.90 Å². The van der Waals surface area contributed by atoms with Crippen molar-refractivity contribution in [3.05, 3.63) is 36.4 Å². The second-order valence-corrected chi connectivity index (χ2v) is 5.56. The third-order valence-corrected chi connectivity index (χ3v) is 4.02. The van der Waals surface area contributed by atoms with Gasteiger partial charge in [-0.25, -0.2) is 0 Å². The van der Waals surface area contributed by atoms with Crippen LogP contribution in [0.15, 0.2) is 30.9 Å². The molecule has 2 amide bonds. The molecule has 1 aromatic carbocycles. The molecule has 1 N–H and O–H groups in total. The third kappa shape index (κ3) is 3.43. The molecule has 2 aliphatic rings. The number of carbonyl (C=O) groups is 2. The normalized spacial score (nSPS) is 20.5. The molecule has 2 heterocycles. The molecule has 1 fully saturated rings. The monoisotopic (exact) mass is 316 g/mol. The minimum absolute atomic E-state index is 0.126. The average molecular weight is 316 g/mol. The predicted molar refractivity (Wildman–Crippen MR) is 86.5 cm³/mol. The molecule has 122 valence electrons. The van der Waals surface area contributed by atoms with Gasteiger partial charge in [-0.1, -0.05) is 12.6 Å². The van der Waals surface area contributed by atoms with Crippen LogP contribution in [0.4, 0.5) is 11.4 Å². The summed E-state index contributed by atoms with van der Waals surface area (Å²) in [5.41, 5.74) is 2.58. The number of fused-ring (bicyclic) bond motifs is 1. The van der Waals surface area contributed by atoms with Crippen molar-refractivity contribution in [3.8, 4) is 0 Å². The maximum Gasteiger partial charge on any atom is 0.255 e. The first kappa shape index (κ1) is 15.7. The molecule has 0 saturated carbocycles. The molecule has 3 rings (SSSR count). The molecule has 1 atom stereocenters. The number of carbonyl (C=O) groups excluding carboxylic acids is 2. The van der Waals surface area contributed by atoms with Crippen LogP contribution in [0.3, 0.4) is 0 Å². The highest BCUT2D eigenvalue weighted by Crippen LogP contribution is 2.30. The molecule has 2 aliphatic heterocycles. The van der Waals surface area contributed by atoms with Gasteiger partial charge in [0.15, 0.2) is 6.10 Å². The van der Waals surface area contributed by atoms with Crippen molar-refractivity contribution in [2.45, 2.75) is 18.9 Å². The fourth-order valence-corrected chi connectivity index (χ4v) is 2.85. The Morgan fingerprint density at radius 2 is 2.22 bits per heavy atom. The van der Waals surface area contributed by atoms with E-state index in [-0.39, 0.29) is 18.4 Å². The van der Waals surface area contributed by atoms with E-state index in [0.717, 1.165) is 24.1 Å². The first-order valence-electron chi connectivity index (χ1n) is 7.76. The summed E-state index contributed by atoms with van der Waals surface area (Å²) in [4.78, 5) is 25.9. The molecule has 6 nitrogen and oxygen atoms in total. The highest BCUT2D eigenvalue weighted by molar-refractivity contribution is 6.03. The van der Waals surface area contributed by atoms with Gasteiger partial charge in [-0.3, -0.25) is 9.59 Å². The van der Waals surface area contributed by atoms with Gasteiger partial charge in [-0.2, -0.15) is 0 Å². The van der Waals surface area contributed by atoms with Crippen LogP contribution in [0, 0.1) is 0 Å². The lowest BCUT2D eigenvalue weighted by atomic mass is 10.0. The Morgan fingerprint density at radius 3 is 2.96 bits per heavy atom. The Labute approximate surface area is 135 Å². The molecule has 0 aliphatic carbocycles. The van der Waals surface area contributed by atoms with Crippen LogP contribution in [0.5, 0.6) is 0 Å². The van der Waals surface area contributed by atoms with Crippen LogP contribution < -0.4 is 10.2 Å². The zero-order valence-electron chi connectivity index (χ0n) is 12.9. The average Bonchev–Trinajstić information content (AvgIpc) is 2.61. The molecular weight excluding hydrogens is 296 g/mol. The van der Waals surface area contributed by atoms with Gasteiger partial charge in [-0.15, -0.1) is 0 Å². The van der Waals surface area contributed by atoms with Crippen LogP contribution in [0.2, 0.25) is 0 Å². The number of ether oxygens (including phenoxy) is 2. The first-order chi connectivity index (χ1) is 11.2. The van der Waals surface area contributed by atoms with E-state index in [4.69, 9.17) is 9.47 Å². The molecular formula is C17H20N2O4. The van der Waals surface area contributed by atoms with E-state index >= 15 is 0 Å². The Hall–Kier alpha value is -2.18. The van der Waals surface area contributed by atoms with E-state index in [9.17, 15) is 9.59 Å². The van der Waals surface area contributed by atoms with E-state index in [1.165, 1.54) is 6.08 Å². The minimum Gasteiger partial charge on any atom is -0.376 e.